The number of rotatable bonds is 1. The fraction of sp³-hybridized carbons (Fsp3) is 0.250. The van der Waals surface area contributed by atoms with Crippen molar-refractivity contribution in [3.05, 3.63) is 33.2 Å². The van der Waals surface area contributed by atoms with E-state index in [2.05, 4.69) is 26.2 Å². The smallest absolute Gasteiger partial charge is 0.305 e. The average molecular weight is 324 g/mol. The molecule has 1 aromatic heterocycles. The molecule has 1 fully saturated rings. The van der Waals surface area contributed by atoms with Crippen LogP contribution >= 0.6 is 15.9 Å². The van der Waals surface area contributed by atoms with Crippen molar-refractivity contribution < 1.29 is 9.59 Å². The first kappa shape index (κ1) is 12.2. The van der Waals surface area contributed by atoms with Crippen LogP contribution in [0.15, 0.2) is 27.5 Å². The Morgan fingerprint density at radius 3 is 2.79 bits per heavy atom. The number of fused-ring (bicyclic) bond motifs is 1. The molecule has 7 heteroatoms. The topological polar surface area (TPSA) is 84.0 Å². The van der Waals surface area contributed by atoms with Gasteiger partial charge in [-0.1, -0.05) is 15.9 Å². The van der Waals surface area contributed by atoms with Crippen LogP contribution in [0.5, 0.6) is 0 Å². The van der Waals surface area contributed by atoms with Gasteiger partial charge in [0.15, 0.2) is 0 Å². The molecule has 1 saturated heterocycles. The number of imide groups is 1. The SMILES string of the molecule is O=C1CCC(n2c(=O)[nH]c3cc(Br)ccc32)C(=O)N1. The minimum absolute atomic E-state index is 0.242. The fourth-order valence-electron chi connectivity index (χ4n) is 2.34. The summed E-state index contributed by atoms with van der Waals surface area (Å²) in [5.41, 5.74) is 0.967. The summed E-state index contributed by atoms with van der Waals surface area (Å²) in [6.07, 6.45) is 0.583. The number of benzene rings is 1. The number of nitrogens with one attached hydrogen (secondary N) is 2. The third-order valence-electron chi connectivity index (χ3n) is 3.20. The maximum absolute atomic E-state index is 12.0. The van der Waals surface area contributed by atoms with Gasteiger partial charge in [0, 0.05) is 10.9 Å². The van der Waals surface area contributed by atoms with Crippen molar-refractivity contribution in [3.63, 3.8) is 0 Å². The molecule has 2 aromatic rings. The Morgan fingerprint density at radius 1 is 1.26 bits per heavy atom. The molecule has 19 heavy (non-hydrogen) atoms. The van der Waals surface area contributed by atoms with E-state index in [9.17, 15) is 14.4 Å². The minimum atomic E-state index is -0.639. The maximum Gasteiger partial charge on any atom is 0.327 e. The number of imidazole rings is 1. The third kappa shape index (κ3) is 1.99. The van der Waals surface area contributed by atoms with E-state index in [0.717, 1.165) is 4.47 Å². The number of hydrogen-bond donors (Lipinski definition) is 2. The highest BCUT2D eigenvalue weighted by Gasteiger charge is 2.30. The molecule has 0 spiro atoms. The molecule has 0 bridgehead atoms. The number of carbonyl (C=O) groups is 2. The van der Waals surface area contributed by atoms with Crippen LogP contribution < -0.4 is 11.0 Å². The molecule has 1 aliphatic rings. The van der Waals surface area contributed by atoms with Crippen LogP contribution in [0, 0.1) is 0 Å². The zero-order chi connectivity index (χ0) is 13.6. The Morgan fingerprint density at radius 2 is 2.05 bits per heavy atom. The lowest BCUT2D eigenvalue weighted by atomic mass is 10.1. The molecule has 0 radical (unpaired) electrons. The van der Waals surface area contributed by atoms with Gasteiger partial charge in [-0.25, -0.2) is 4.79 Å². The fourth-order valence-corrected chi connectivity index (χ4v) is 2.70. The molecule has 1 unspecified atom stereocenters. The van der Waals surface area contributed by atoms with Crippen molar-refractivity contribution in [1.29, 1.82) is 0 Å². The standard InChI is InChI=1S/C12H10BrN3O3/c13-6-1-2-8-7(5-6)14-12(19)16(8)9-3-4-10(17)15-11(9)18/h1-2,5,9H,3-4H2,(H,14,19)(H,15,17,18). The molecule has 1 aliphatic heterocycles. The van der Waals surface area contributed by atoms with Crippen LogP contribution in [-0.2, 0) is 9.59 Å². The Balaban J connectivity index is 2.15. The minimum Gasteiger partial charge on any atom is -0.305 e. The molecule has 1 aromatic carbocycles. The summed E-state index contributed by atoms with van der Waals surface area (Å²) in [6, 6.07) is 4.71. The Hall–Kier alpha value is -1.89. The Kier molecular flexibility index (Phi) is 2.78. The lowest BCUT2D eigenvalue weighted by molar-refractivity contribution is -0.135. The number of halogens is 1. The van der Waals surface area contributed by atoms with Gasteiger partial charge in [-0.2, -0.15) is 0 Å². The first-order valence-corrected chi connectivity index (χ1v) is 6.59. The van der Waals surface area contributed by atoms with E-state index in [1.165, 1.54) is 4.57 Å². The van der Waals surface area contributed by atoms with Crippen molar-refractivity contribution >= 4 is 38.8 Å². The normalized spacial score (nSPS) is 19.7. The monoisotopic (exact) mass is 323 g/mol. The number of piperidine rings is 1. The molecular formula is C12H10BrN3O3. The van der Waals surface area contributed by atoms with Gasteiger partial charge in [-0.15, -0.1) is 0 Å². The van der Waals surface area contributed by atoms with E-state index < -0.39 is 11.9 Å². The van der Waals surface area contributed by atoms with Gasteiger partial charge in [0.05, 0.1) is 11.0 Å². The van der Waals surface area contributed by atoms with Gasteiger partial charge in [0.2, 0.25) is 11.8 Å². The van der Waals surface area contributed by atoms with E-state index in [1.54, 1.807) is 18.2 Å². The highest BCUT2D eigenvalue weighted by molar-refractivity contribution is 9.10. The number of aromatic nitrogens is 2. The molecule has 0 saturated carbocycles. The number of nitrogens with zero attached hydrogens (tertiary/aromatic N) is 1. The number of carbonyl (C=O) groups excluding carboxylic acids is 2. The van der Waals surface area contributed by atoms with Crippen LogP contribution in [0.3, 0.4) is 0 Å². The highest BCUT2D eigenvalue weighted by Crippen LogP contribution is 2.23. The maximum atomic E-state index is 12.0. The summed E-state index contributed by atoms with van der Waals surface area (Å²) < 4.78 is 2.25. The molecule has 3 rings (SSSR count). The van der Waals surface area contributed by atoms with Crippen LogP contribution in [-0.4, -0.2) is 21.4 Å². The van der Waals surface area contributed by atoms with E-state index in [-0.39, 0.29) is 18.0 Å². The number of amides is 2. The quantitative estimate of drug-likeness (QED) is 0.770. The Labute approximate surface area is 115 Å². The van der Waals surface area contributed by atoms with Crippen molar-refractivity contribution in [2.24, 2.45) is 0 Å². The predicted molar refractivity (Wildman–Crippen MR) is 71.7 cm³/mol. The first-order valence-electron chi connectivity index (χ1n) is 5.80. The van der Waals surface area contributed by atoms with Crippen LogP contribution in [0.1, 0.15) is 18.9 Å². The van der Waals surface area contributed by atoms with Crippen molar-refractivity contribution in [3.8, 4) is 0 Å². The highest BCUT2D eigenvalue weighted by atomic mass is 79.9. The molecule has 2 N–H and O–H groups in total. The zero-order valence-electron chi connectivity index (χ0n) is 9.77. The third-order valence-corrected chi connectivity index (χ3v) is 3.69. The van der Waals surface area contributed by atoms with Crippen LogP contribution in [0.4, 0.5) is 0 Å². The van der Waals surface area contributed by atoms with Crippen LogP contribution in [0.25, 0.3) is 11.0 Å². The second-order valence-corrected chi connectivity index (χ2v) is 5.34. The molecule has 1 atom stereocenters. The van der Waals surface area contributed by atoms with E-state index >= 15 is 0 Å². The molecule has 98 valence electrons. The largest absolute Gasteiger partial charge is 0.327 e. The number of H-pyrrole nitrogens is 1. The van der Waals surface area contributed by atoms with E-state index in [0.29, 0.717) is 17.5 Å². The van der Waals surface area contributed by atoms with Gasteiger partial charge in [0.25, 0.3) is 0 Å². The predicted octanol–water partition coefficient (Wildman–Crippen LogP) is 1.07. The van der Waals surface area contributed by atoms with Gasteiger partial charge in [0.1, 0.15) is 6.04 Å². The molecule has 0 aliphatic carbocycles. The number of aromatic amines is 1. The van der Waals surface area contributed by atoms with Crippen molar-refractivity contribution in [2.45, 2.75) is 18.9 Å². The molecule has 6 nitrogen and oxygen atoms in total. The molecular weight excluding hydrogens is 314 g/mol. The summed E-state index contributed by atoms with van der Waals surface area (Å²) in [5.74, 6) is -0.723. The van der Waals surface area contributed by atoms with Gasteiger partial charge >= 0.3 is 5.69 Å². The summed E-state index contributed by atoms with van der Waals surface area (Å²) in [4.78, 5) is 37.7. The van der Waals surface area contributed by atoms with Gasteiger partial charge < -0.3 is 4.98 Å². The summed E-state index contributed by atoms with van der Waals surface area (Å²) in [5, 5.41) is 2.26. The number of hydrogen-bond acceptors (Lipinski definition) is 3. The van der Waals surface area contributed by atoms with Crippen molar-refractivity contribution in [1.82, 2.24) is 14.9 Å². The lowest BCUT2D eigenvalue weighted by Crippen LogP contribution is -2.43. The van der Waals surface area contributed by atoms with Crippen LogP contribution in [0.2, 0.25) is 0 Å². The molecule has 2 heterocycles. The molecule has 2 amide bonds. The zero-order valence-corrected chi connectivity index (χ0v) is 11.4. The Bertz CT molecular complexity index is 746. The van der Waals surface area contributed by atoms with Crippen molar-refractivity contribution in [2.75, 3.05) is 0 Å². The van der Waals surface area contributed by atoms with Gasteiger partial charge in [-0.3, -0.25) is 19.5 Å². The lowest BCUT2D eigenvalue weighted by Gasteiger charge is -2.21. The summed E-state index contributed by atoms with van der Waals surface area (Å²) in [6.45, 7) is 0. The summed E-state index contributed by atoms with van der Waals surface area (Å²) >= 11 is 3.33. The van der Waals surface area contributed by atoms with E-state index in [1.807, 2.05) is 0 Å². The summed E-state index contributed by atoms with van der Waals surface area (Å²) in [7, 11) is 0. The van der Waals surface area contributed by atoms with E-state index in [4.69, 9.17) is 0 Å². The average Bonchev–Trinajstić information content (AvgIpc) is 2.65. The second kappa shape index (κ2) is 4.34. The first-order chi connectivity index (χ1) is 9.06. The van der Waals surface area contributed by atoms with Gasteiger partial charge in [-0.05, 0) is 24.6 Å². The second-order valence-electron chi connectivity index (χ2n) is 4.43.